The molecule has 2 aliphatic rings. The summed E-state index contributed by atoms with van der Waals surface area (Å²) in [5, 5.41) is 5.35. The highest BCUT2D eigenvalue weighted by Gasteiger charge is 2.33. The first kappa shape index (κ1) is 14.0. The van der Waals surface area contributed by atoms with E-state index in [4.69, 9.17) is 0 Å². The molecule has 0 spiro atoms. The number of carbonyl (C=O) groups is 1. The summed E-state index contributed by atoms with van der Waals surface area (Å²) in [7, 11) is 0. The van der Waals surface area contributed by atoms with E-state index in [1.54, 1.807) is 0 Å². The summed E-state index contributed by atoms with van der Waals surface area (Å²) in [4.78, 5) is 16.6. The van der Waals surface area contributed by atoms with E-state index in [9.17, 15) is 4.79 Å². The van der Waals surface area contributed by atoms with Crippen LogP contribution in [0.3, 0.4) is 0 Å². The highest BCUT2D eigenvalue weighted by atomic mass is 32.1. The molecule has 1 fully saturated rings. The molecule has 0 saturated heterocycles. The zero-order chi connectivity index (χ0) is 14.9. The van der Waals surface area contributed by atoms with Crippen LogP contribution in [0, 0.1) is 0 Å². The molecule has 1 atom stereocenters. The first-order valence-electron chi connectivity index (χ1n) is 7.96. The van der Waals surface area contributed by atoms with Crippen molar-refractivity contribution in [2.24, 2.45) is 0 Å². The van der Waals surface area contributed by atoms with Crippen molar-refractivity contribution in [3.63, 3.8) is 0 Å². The van der Waals surface area contributed by atoms with E-state index in [1.165, 1.54) is 10.4 Å². The van der Waals surface area contributed by atoms with Gasteiger partial charge in [0.25, 0.3) is 0 Å². The Labute approximate surface area is 135 Å². The van der Waals surface area contributed by atoms with Gasteiger partial charge in [-0.15, -0.1) is 11.3 Å². The maximum atomic E-state index is 12.8. The lowest BCUT2D eigenvalue weighted by Gasteiger charge is -2.34. The molecule has 4 heteroatoms. The highest BCUT2D eigenvalue weighted by Crippen LogP contribution is 2.31. The third-order valence-electron chi connectivity index (χ3n) is 4.49. The van der Waals surface area contributed by atoms with Crippen LogP contribution >= 0.6 is 11.3 Å². The Kier molecular flexibility index (Phi) is 3.72. The van der Waals surface area contributed by atoms with Crippen LogP contribution < -0.4 is 5.32 Å². The fraction of sp³-hybridized carbons (Fsp3) is 0.389. The topological polar surface area (TPSA) is 32.3 Å². The minimum Gasteiger partial charge on any atom is -0.352 e. The van der Waals surface area contributed by atoms with Crippen molar-refractivity contribution < 1.29 is 4.79 Å². The maximum absolute atomic E-state index is 12.8. The number of hydrogen-bond acceptors (Lipinski definition) is 3. The monoisotopic (exact) mass is 312 g/mol. The van der Waals surface area contributed by atoms with Crippen LogP contribution in [-0.2, 0) is 17.8 Å². The molecule has 1 aliphatic heterocycles. The van der Waals surface area contributed by atoms with Crippen LogP contribution in [0.4, 0.5) is 0 Å². The number of rotatable bonds is 4. The molecule has 4 rings (SSSR count). The number of nitrogens with zero attached hydrogens (tertiary/aromatic N) is 1. The fourth-order valence-corrected chi connectivity index (χ4v) is 4.05. The minimum atomic E-state index is -0.171. The van der Waals surface area contributed by atoms with Gasteiger partial charge < -0.3 is 5.32 Å². The van der Waals surface area contributed by atoms with Gasteiger partial charge in [0.15, 0.2) is 0 Å². The Morgan fingerprint density at radius 3 is 2.82 bits per heavy atom. The van der Waals surface area contributed by atoms with Gasteiger partial charge in [-0.3, -0.25) is 9.69 Å². The first-order valence-corrected chi connectivity index (χ1v) is 8.84. The van der Waals surface area contributed by atoms with E-state index >= 15 is 0 Å². The minimum absolute atomic E-state index is 0.160. The van der Waals surface area contributed by atoms with E-state index in [-0.39, 0.29) is 11.9 Å². The summed E-state index contributed by atoms with van der Waals surface area (Å²) >= 11 is 1.84. The highest BCUT2D eigenvalue weighted by molar-refractivity contribution is 7.10. The Balaban J connectivity index is 1.61. The molecule has 1 saturated carbocycles. The van der Waals surface area contributed by atoms with Crippen molar-refractivity contribution in [2.75, 3.05) is 6.54 Å². The molecule has 2 heterocycles. The molecular formula is C18H20N2OS. The van der Waals surface area contributed by atoms with Crippen molar-refractivity contribution in [1.82, 2.24) is 10.2 Å². The molecule has 3 nitrogen and oxygen atoms in total. The van der Waals surface area contributed by atoms with Crippen LogP contribution in [0.2, 0.25) is 0 Å². The lowest BCUT2D eigenvalue weighted by molar-refractivity contribution is -0.127. The summed E-state index contributed by atoms with van der Waals surface area (Å²) in [5.41, 5.74) is 2.48. The van der Waals surface area contributed by atoms with Gasteiger partial charge in [0.1, 0.15) is 6.04 Å². The number of fused-ring (bicyclic) bond motifs is 1. The number of thiophene rings is 1. The fourth-order valence-electron chi connectivity index (χ4n) is 3.16. The number of benzene rings is 1. The van der Waals surface area contributed by atoms with Crippen LogP contribution in [0.15, 0.2) is 41.8 Å². The van der Waals surface area contributed by atoms with Crippen LogP contribution in [0.1, 0.15) is 34.9 Å². The van der Waals surface area contributed by atoms with E-state index in [2.05, 4.69) is 33.8 Å². The largest absolute Gasteiger partial charge is 0.352 e. The zero-order valence-electron chi connectivity index (χ0n) is 12.5. The third-order valence-corrected chi connectivity index (χ3v) is 5.51. The van der Waals surface area contributed by atoms with Gasteiger partial charge in [-0.05, 0) is 41.8 Å². The molecular weight excluding hydrogens is 292 g/mol. The van der Waals surface area contributed by atoms with Gasteiger partial charge in [0, 0.05) is 24.0 Å². The lowest BCUT2D eigenvalue weighted by atomic mass is 10.0. The predicted octanol–water partition coefficient (Wildman–Crippen LogP) is 3.13. The smallest absolute Gasteiger partial charge is 0.242 e. The standard InChI is InChI=1S/C18H20N2OS/c21-18(19-15-6-7-15)17(13-4-2-1-3-5-13)20-10-8-16-14(12-20)9-11-22-16/h1-5,9,11,15,17H,6-8,10,12H2,(H,19,21)/t17-/m1/s1. The van der Waals surface area contributed by atoms with E-state index in [0.717, 1.165) is 37.9 Å². The molecule has 114 valence electrons. The third kappa shape index (κ3) is 2.81. The second kappa shape index (κ2) is 5.86. The molecule has 0 bridgehead atoms. The first-order chi connectivity index (χ1) is 10.8. The molecule has 1 N–H and O–H groups in total. The number of nitrogens with one attached hydrogen (secondary N) is 1. The molecule has 1 aromatic heterocycles. The number of hydrogen-bond donors (Lipinski definition) is 1. The predicted molar refractivity (Wildman–Crippen MR) is 88.8 cm³/mol. The average molecular weight is 312 g/mol. The zero-order valence-corrected chi connectivity index (χ0v) is 13.3. The van der Waals surface area contributed by atoms with Gasteiger partial charge in [-0.2, -0.15) is 0 Å². The van der Waals surface area contributed by atoms with Gasteiger partial charge in [-0.1, -0.05) is 30.3 Å². The SMILES string of the molecule is O=C(NC1CC1)[C@@H](c1ccccc1)N1CCc2sccc2C1. The quantitative estimate of drug-likeness (QED) is 0.941. The van der Waals surface area contributed by atoms with Crippen molar-refractivity contribution in [2.45, 2.75) is 37.9 Å². The van der Waals surface area contributed by atoms with Gasteiger partial charge in [-0.25, -0.2) is 0 Å². The molecule has 22 heavy (non-hydrogen) atoms. The van der Waals surface area contributed by atoms with Crippen molar-refractivity contribution >= 4 is 17.2 Å². The van der Waals surface area contributed by atoms with Crippen molar-refractivity contribution in [3.8, 4) is 0 Å². The molecule has 1 amide bonds. The second-order valence-corrected chi connectivity index (χ2v) is 7.19. The summed E-state index contributed by atoms with van der Waals surface area (Å²) in [6.45, 7) is 1.82. The number of amides is 1. The van der Waals surface area contributed by atoms with Gasteiger partial charge in [0.05, 0.1) is 0 Å². The van der Waals surface area contributed by atoms with Crippen LogP contribution in [0.5, 0.6) is 0 Å². The molecule has 2 aromatic rings. The maximum Gasteiger partial charge on any atom is 0.242 e. The second-order valence-electron chi connectivity index (χ2n) is 6.19. The Morgan fingerprint density at radius 1 is 1.23 bits per heavy atom. The summed E-state index contributed by atoms with van der Waals surface area (Å²) in [6, 6.07) is 12.6. The Morgan fingerprint density at radius 2 is 2.05 bits per heavy atom. The van der Waals surface area contributed by atoms with Crippen molar-refractivity contribution in [1.29, 1.82) is 0 Å². The van der Waals surface area contributed by atoms with Gasteiger partial charge >= 0.3 is 0 Å². The lowest BCUT2D eigenvalue weighted by Crippen LogP contribution is -2.43. The molecule has 0 radical (unpaired) electrons. The van der Waals surface area contributed by atoms with E-state index < -0.39 is 0 Å². The number of carbonyl (C=O) groups excluding carboxylic acids is 1. The molecule has 0 unspecified atom stereocenters. The van der Waals surface area contributed by atoms with E-state index in [0.29, 0.717) is 6.04 Å². The molecule has 1 aliphatic carbocycles. The van der Waals surface area contributed by atoms with Gasteiger partial charge in [0.2, 0.25) is 5.91 Å². The molecule has 1 aromatic carbocycles. The summed E-state index contributed by atoms with van der Waals surface area (Å²) < 4.78 is 0. The van der Waals surface area contributed by atoms with Crippen LogP contribution in [0.25, 0.3) is 0 Å². The van der Waals surface area contributed by atoms with E-state index in [1.807, 2.05) is 29.5 Å². The van der Waals surface area contributed by atoms with Crippen molar-refractivity contribution in [3.05, 3.63) is 57.8 Å². The Hall–Kier alpha value is -1.65. The summed E-state index contributed by atoms with van der Waals surface area (Å²) in [5.74, 6) is 0.160. The Bertz CT molecular complexity index is 663. The summed E-state index contributed by atoms with van der Waals surface area (Å²) in [6.07, 6.45) is 3.30. The average Bonchev–Trinajstić information content (AvgIpc) is 3.23. The van der Waals surface area contributed by atoms with Crippen LogP contribution in [-0.4, -0.2) is 23.4 Å². The normalized spacial score (nSPS) is 19.5.